The normalized spacial score (nSPS) is 25.6. The Morgan fingerprint density at radius 2 is 1.65 bits per heavy atom. The molecule has 0 radical (unpaired) electrons. The van der Waals surface area contributed by atoms with Gasteiger partial charge in [0.25, 0.3) is 0 Å². The highest BCUT2D eigenvalue weighted by Crippen LogP contribution is 2.36. The Balaban J connectivity index is 2.02. The molecule has 2 aliphatic rings. The lowest BCUT2D eigenvalue weighted by Gasteiger charge is -2.46. The molecular formula is C14H29N3. The lowest BCUT2D eigenvalue weighted by Crippen LogP contribution is -2.59. The first-order valence-electron chi connectivity index (χ1n) is 7.49. The van der Waals surface area contributed by atoms with Gasteiger partial charge in [0.1, 0.15) is 0 Å². The highest BCUT2D eigenvalue weighted by atomic mass is 15.3. The van der Waals surface area contributed by atoms with Crippen LogP contribution in [0.15, 0.2) is 0 Å². The number of nitrogens with one attached hydrogen (secondary N) is 1. The average Bonchev–Trinajstić information content (AvgIpc) is 2.87. The summed E-state index contributed by atoms with van der Waals surface area (Å²) in [4.78, 5) is 5.40. The molecule has 0 aromatic heterocycles. The van der Waals surface area contributed by atoms with Crippen LogP contribution in [0.3, 0.4) is 0 Å². The number of hydrogen-bond donors (Lipinski definition) is 1. The fraction of sp³-hybridized carbons (Fsp3) is 1.00. The van der Waals surface area contributed by atoms with Gasteiger partial charge in [-0.3, -0.25) is 4.90 Å². The molecule has 2 fully saturated rings. The molecule has 17 heavy (non-hydrogen) atoms. The molecule has 0 spiro atoms. The fourth-order valence-electron chi connectivity index (χ4n) is 3.61. The summed E-state index contributed by atoms with van der Waals surface area (Å²) in [7, 11) is 0. The van der Waals surface area contributed by atoms with Crippen LogP contribution in [-0.2, 0) is 0 Å². The monoisotopic (exact) mass is 239 g/mol. The van der Waals surface area contributed by atoms with Crippen LogP contribution >= 0.6 is 0 Å². The predicted molar refractivity (Wildman–Crippen MR) is 73.4 cm³/mol. The van der Waals surface area contributed by atoms with E-state index in [9.17, 15) is 0 Å². The van der Waals surface area contributed by atoms with Crippen LogP contribution < -0.4 is 5.32 Å². The van der Waals surface area contributed by atoms with E-state index >= 15 is 0 Å². The maximum Gasteiger partial charge on any atom is 0.0337 e. The summed E-state index contributed by atoms with van der Waals surface area (Å²) in [5, 5.41) is 3.48. The number of likely N-dealkylation sites (N-methyl/N-ethyl adjacent to an activating group) is 1. The van der Waals surface area contributed by atoms with Gasteiger partial charge in [0.05, 0.1) is 0 Å². The van der Waals surface area contributed by atoms with Crippen molar-refractivity contribution in [3.8, 4) is 0 Å². The Morgan fingerprint density at radius 1 is 1.06 bits per heavy atom. The van der Waals surface area contributed by atoms with Crippen molar-refractivity contribution in [3.63, 3.8) is 0 Å². The highest BCUT2D eigenvalue weighted by Gasteiger charge is 2.40. The second-order valence-electron chi connectivity index (χ2n) is 5.63. The third kappa shape index (κ3) is 3.01. The van der Waals surface area contributed by atoms with E-state index in [2.05, 4.69) is 29.0 Å². The fourth-order valence-corrected chi connectivity index (χ4v) is 3.61. The summed E-state index contributed by atoms with van der Waals surface area (Å²) in [6, 6.07) is 0. The zero-order valence-electron chi connectivity index (χ0n) is 11.7. The Bertz CT molecular complexity index is 214. The SMILES string of the molecule is CCN(CC)CC1(N2CCNCC2)CCCC1. The van der Waals surface area contributed by atoms with E-state index < -0.39 is 0 Å². The van der Waals surface area contributed by atoms with Crippen LogP contribution in [0.25, 0.3) is 0 Å². The molecule has 1 saturated heterocycles. The molecule has 1 aliphatic heterocycles. The van der Waals surface area contributed by atoms with Gasteiger partial charge in [-0.25, -0.2) is 0 Å². The standard InChI is InChI=1S/C14H29N3/c1-3-16(4-2)13-14(7-5-6-8-14)17-11-9-15-10-12-17/h15H,3-13H2,1-2H3. The molecule has 0 aromatic rings. The average molecular weight is 239 g/mol. The molecule has 1 saturated carbocycles. The van der Waals surface area contributed by atoms with Crippen molar-refractivity contribution in [1.29, 1.82) is 0 Å². The first-order chi connectivity index (χ1) is 8.30. The van der Waals surface area contributed by atoms with Gasteiger partial charge in [0.2, 0.25) is 0 Å². The van der Waals surface area contributed by atoms with E-state index in [1.807, 2.05) is 0 Å². The molecule has 3 nitrogen and oxygen atoms in total. The number of nitrogens with zero attached hydrogens (tertiary/aromatic N) is 2. The Hall–Kier alpha value is -0.120. The summed E-state index contributed by atoms with van der Waals surface area (Å²) in [5.74, 6) is 0. The molecule has 2 rings (SSSR count). The van der Waals surface area contributed by atoms with Crippen molar-refractivity contribution in [2.45, 2.75) is 45.1 Å². The molecule has 0 unspecified atom stereocenters. The minimum Gasteiger partial charge on any atom is -0.314 e. The summed E-state index contributed by atoms with van der Waals surface area (Å²) < 4.78 is 0. The number of rotatable bonds is 5. The molecule has 0 amide bonds. The van der Waals surface area contributed by atoms with Gasteiger partial charge >= 0.3 is 0 Å². The minimum absolute atomic E-state index is 0.508. The zero-order valence-corrected chi connectivity index (χ0v) is 11.7. The third-order valence-electron chi connectivity index (χ3n) is 4.73. The number of piperazine rings is 1. The van der Waals surface area contributed by atoms with Crippen LogP contribution in [0.1, 0.15) is 39.5 Å². The van der Waals surface area contributed by atoms with Crippen LogP contribution in [-0.4, -0.2) is 61.2 Å². The van der Waals surface area contributed by atoms with Gasteiger partial charge in [0, 0.05) is 38.3 Å². The quantitative estimate of drug-likeness (QED) is 0.785. The Kier molecular flexibility index (Phi) is 4.83. The van der Waals surface area contributed by atoms with Gasteiger partial charge in [-0.1, -0.05) is 26.7 Å². The van der Waals surface area contributed by atoms with Gasteiger partial charge in [-0.05, 0) is 25.9 Å². The topological polar surface area (TPSA) is 18.5 Å². The summed E-state index contributed by atoms with van der Waals surface area (Å²) >= 11 is 0. The van der Waals surface area contributed by atoms with Gasteiger partial charge in [-0.15, -0.1) is 0 Å². The molecular weight excluding hydrogens is 210 g/mol. The lowest BCUT2D eigenvalue weighted by atomic mass is 9.93. The van der Waals surface area contributed by atoms with E-state index in [1.165, 1.54) is 71.5 Å². The molecule has 0 aromatic carbocycles. The van der Waals surface area contributed by atoms with E-state index in [-0.39, 0.29) is 0 Å². The molecule has 100 valence electrons. The molecule has 1 heterocycles. The second kappa shape index (κ2) is 6.17. The largest absolute Gasteiger partial charge is 0.314 e. The van der Waals surface area contributed by atoms with E-state index in [1.54, 1.807) is 0 Å². The van der Waals surface area contributed by atoms with E-state index in [0.717, 1.165) is 0 Å². The van der Waals surface area contributed by atoms with Crippen molar-refractivity contribution in [3.05, 3.63) is 0 Å². The smallest absolute Gasteiger partial charge is 0.0337 e. The van der Waals surface area contributed by atoms with E-state index in [0.29, 0.717) is 5.54 Å². The summed E-state index contributed by atoms with van der Waals surface area (Å²) in [6.07, 6.45) is 5.71. The summed E-state index contributed by atoms with van der Waals surface area (Å²) in [6.45, 7) is 13.1. The highest BCUT2D eigenvalue weighted by molar-refractivity contribution is 4.98. The maximum absolute atomic E-state index is 3.48. The maximum atomic E-state index is 3.48. The van der Waals surface area contributed by atoms with Gasteiger partial charge < -0.3 is 10.2 Å². The Morgan fingerprint density at radius 3 is 2.18 bits per heavy atom. The van der Waals surface area contributed by atoms with Crippen molar-refractivity contribution in [1.82, 2.24) is 15.1 Å². The van der Waals surface area contributed by atoms with Crippen molar-refractivity contribution >= 4 is 0 Å². The minimum atomic E-state index is 0.508. The zero-order chi connectivity index (χ0) is 12.1. The molecule has 3 heteroatoms. The van der Waals surface area contributed by atoms with Gasteiger partial charge in [-0.2, -0.15) is 0 Å². The first-order valence-corrected chi connectivity index (χ1v) is 7.49. The summed E-state index contributed by atoms with van der Waals surface area (Å²) in [5.41, 5.74) is 0.508. The van der Waals surface area contributed by atoms with Crippen LogP contribution in [0.4, 0.5) is 0 Å². The van der Waals surface area contributed by atoms with Crippen molar-refractivity contribution in [2.24, 2.45) is 0 Å². The lowest BCUT2D eigenvalue weighted by molar-refractivity contribution is 0.0436. The van der Waals surface area contributed by atoms with Gasteiger partial charge in [0.15, 0.2) is 0 Å². The van der Waals surface area contributed by atoms with Crippen LogP contribution in [0.5, 0.6) is 0 Å². The predicted octanol–water partition coefficient (Wildman–Crippen LogP) is 1.55. The van der Waals surface area contributed by atoms with E-state index in [4.69, 9.17) is 0 Å². The molecule has 0 atom stereocenters. The molecule has 1 N–H and O–H groups in total. The molecule has 0 bridgehead atoms. The number of hydrogen-bond acceptors (Lipinski definition) is 3. The third-order valence-corrected chi connectivity index (χ3v) is 4.73. The van der Waals surface area contributed by atoms with Crippen molar-refractivity contribution in [2.75, 3.05) is 45.8 Å². The van der Waals surface area contributed by atoms with Crippen LogP contribution in [0.2, 0.25) is 0 Å². The second-order valence-corrected chi connectivity index (χ2v) is 5.63. The van der Waals surface area contributed by atoms with Crippen LogP contribution in [0, 0.1) is 0 Å². The van der Waals surface area contributed by atoms with Crippen molar-refractivity contribution < 1.29 is 0 Å². The Labute approximate surface area is 107 Å². The first kappa shape index (κ1) is 13.3. The molecule has 1 aliphatic carbocycles.